The fourth-order valence-corrected chi connectivity index (χ4v) is 3.48. The Labute approximate surface area is 128 Å². The summed E-state index contributed by atoms with van der Waals surface area (Å²) in [6, 6.07) is 5.18. The van der Waals surface area contributed by atoms with Crippen molar-refractivity contribution in [2.24, 2.45) is 0 Å². The van der Waals surface area contributed by atoms with Gasteiger partial charge in [0.25, 0.3) is 0 Å². The lowest BCUT2D eigenvalue weighted by Crippen LogP contribution is -2.43. The molecule has 0 unspecified atom stereocenters. The zero-order chi connectivity index (χ0) is 15.3. The van der Waals surface area contributed by atoms with Crippen molar-refractivity contribution in [3.63, 3.8) is 0 Å². The van der Waals surface area contributed by atoms with Gasteiger partial charge in [0.15, 0.2) is 11.5 Å². The van der Waals surface area contributed by atoms with Crippen molar-refractivity contribution in [3.8, 4) is 11.5 Å². The van der Waals surface area contributed by atoms with E-state index >= 15 is 0 Å². The largest absolute Gasteiger partial charge is 0.493 e. The van der Waals surface area contributed by atoms with Gasteiger partial charge in [0.2, 0.25) is 0 Å². The maximum absolute atomic E-state index is 12.5. The summed E-state index contributed by atoms with van der Waals surface area (Å²) in [7, 11) is 1.45. The van der Waals surface area contributed by atoms with Gasteiger partial charge in [0, 0.05) is 23.4 Å². The minimum Gasteiger partial charge on any atom is -0.493 e. The molecule has 1 aromatic rings. The van der Waals surface area contributed by atoms with Crippen molar-refractivity contribution in [1.29, 1.82) is 0 Å². The molecule has 0 amide bonds. The minimum absolute atomic E-state index is 0.120. The summed E-state index contributed by atoms with van der Waals surface area (Å²) in [4.78, 5) is 0. The number of nitrogens with one attached hydrogen (secondary N) is 1. The van der Waals surface area contributed by atoms with Gasteiger partial charge >= 0.3 is 6.61 Å². The quantitative estimate of drug-likeness (QED) is 0.792. The Morgan fingerprint density at radius 3 is 2.67 bits per heavy atom. The first-order valence-corrected chi connectivity index (χ1v) is 8.19. The van der Waals surface area contributed by atoms with Crippen LogP contribution in [0.2, 0.25) is 0 Å². The first-order valence-electron chi connectivity index (χ1n) is 6.97. The number of hydrogen-bond donors (Lipinski definition) is 1. The van der Waals surface area contributed by atoms with Gasteiger partial charge < -0.3 is 14.8 Å². The number of thioether (sulfide) groups is 1. The van der Waals surface area contributed by atoms with E-state index in [1.54, 1.807) is 18.2 Å². The average molecular weight is 317 g/mol. The molecular weight excluding hydrogens is 296 g/mol. The summed E-state index contributed by atoms with van der Waals surface area (Å²) in [6.07, 6.45) is 5.80. The lowest BCUT2D eigenvalue weighted by molar-refractivity contribution is -0.0518. The van der Waals surface area contributed by atoms with Crippen molar-refractivity contribution in [1.82, 2.24) is 5.32 Å². The van der Waals surface area contributed by atoms with Crippen molar-refractivity contribution in [2.45, 2.75) is 37.2 Å². The number of rotatable bonds is 8. The van der Waals surface area contributed by atoms with E-state index in [9.17, 15) is 8.78 Å². The van der Waals surface area contributed by atoms with E-state index < -0.39 is 6.61 Å². The number of hydrogen-bond acceptors (Lipinski definition) is 4. The molecule has 0 heterocycles. The summed E-state index contributed by atoms with van der Waals surface area (Å²) in [6.45, 7) is -1.50. The lowest BCUT2D eigenvalue weighted by atomic mass is 9.84. The molecule has 0 aromatic heterocycles. The molecule has 118 valence electrons. The first kappa shape index (κ1) is 16.4. The van der Waals surface area contributed by atoms with Crippen LogP contribution >= 0.6 is 11.8 Å². The van der Waals surface area contributed by atoms with E-state index in [1.165, 1.54) is 26.4 Å². The second-order valence-corrected chi connectivity index (χ2v) is 6.45. The van der Waals surface area contributed by atoms with Crippen molar-refractivity contribution in [2.75, 3.05) is 19.9 Å². The number of benzene rings is 1. The number of alkyl halides is 2. The van der Waals surface area contributed by atoms with E-state index in [2.05, 4.69) is 16.3 Å². The fourth-order valence-electron chi connectivity index (χ4n) is 2.53. The Morgan fingerprint density at radius 2 is 2.14 bits per heavy atom. The molecule has 0 bridgehead atoms. The van der Waals surface area contributed by atoms with Gasteiger partial charge in [-0.1, -0.05) is 18.6 Å². The molecule has 1 aliphatic carbocycles. The Kier molecular flexibility index (Phi) is 5.70. The number of para-hydroxylation sites is 1. The van der Waals surface area contributed by atoms with Crippen LogP contribution in [0.5, 0.6) is 11.5 Å². The van der Waals surface area contributed by atoms with Crippen LogP contribution in [-0.4, -0.2) is 31.3 Å². The predicted octanol–water partition coefficient (Wildman–Crippen LogP) is 3.67. The van der Waals surface area contributed by atoms with E-state index in [4.69, 9.17) is 4.74 Å². The Morgan fingerprint density at radius 1 is 1.38 bits per heavy atom. The summed E-state index contributed by atoms with van der Waals surface area (Å²) in [5.41, 5.74) is 0.685. The molecular formula is C15H21F2NO2S. The fraction of sp³-hybridized carbons (Fsp3) is 0.600. The Bertz CT molecular complexity index is 461. The Balaban J connectivity index is 2.01. The van der Waals surface area contributed by atoms with Crippen LogP contribution in [0.25, 0.3) is 0 Å². The molecule has 21 heavy (non-hydrogen) atoms. The second-order valence-electron chi connectivity index (χ2n) is 5.17. The maximum Gasteiger partial charge on any atom is 0.387 e. The van der Waals surface area contributed by atoms with E-state index in [0.717, 1.165) is 6.54 Å². The molecule has 1 aromatic carbocycles. The third-order valence-corrected chi connectivity index (χ3v) is 5.37. The molecule has 0 atom stereocenters. The molecule has 2 rings (SSSR count). The van der Waals surface area contributed by atoms with E-state index in [-0.39, 0.29) is 5.75 Å². The summed E-state index contributed by atoms with van der Waals surface area (Å²) in [5, 5.41) is 3.36. The van der Waals surface area contributed by atoms with Gasteiger partial charge in [-0.15, -0.1) is 0 Å². The SMILES string of the molecule is COc1cccc(CNCC2(SC)CCC2)c1OC(F)F. The van der Waals surface area contributed by atoms with Gasteiger partial charge in [0.1, 0.15) is 0 Å². The third-order valence-electron chi connectivity index (χ3n) is 3.95. The molecule has 1 N–H and O–H groups in total. The van der Waals surface area contributed by atoms with E-state index in [1.807, 2.05) is 11.8 Å². The highest BCUT2D eigenvalue weighted by atomic mass is 32.2. The third kappa shape index (κ3) is 4.01. The zero-order valence-electron chi connectivity index (χ0n) is 12.3. The minimum atomic E-state index is -2.86. The van der Waals surface area contributed by atoms with Crippen LogP contribution in [0.15, 0.2) is 18.2 Å². The van der Waals surface area contributed by atoms with Crippen LogP contribution in [0.3, 0.4) is 0 Å². The first-order chi connectivity index (χ1) is 10.1. The highest BCUT2D eigenvalue weighted by Gasteiger charge is 2.35. The molecule has 1 saturated carbocycles. The monoisotopic (exact) mass is 317 g/mol. The molecule has 1 fully saturated rings. The average Bonchev–Trinajstić information content (AvgIpc) is 2.42. The van der Waals surface area contributed by atoms with Gasteiger partial charge in [-0.05, 0) is 25.2 Å². The predicted molar refractivity (Wildman–Crippen MR) is 81.4 cm³/mol. The second kappa shape index (κ2) is 7.31. The summed E-state index contributed by atoms with van der Waals surface area (Å²) in [5.74, 6) is 0.451. The van der Waals surface area contributed by atoms with Crippen LogP contribution in [0.4, 0.5) is 8.78 Å². The highest BCUT2D eigenvalue weighted by molar-refractivity contribution is 8.00. The van der Waals surface area contributed by atoms with Crippen LogP contribution < -0.4 is 14.8 Å². The number of ether oxygens (including phenoxy) is 2. The zero-order valence-corrected chi connectivity index (χ0v) is 13.1. The number of methoxy groups -OCH3 is 1. The van der Waals surface area contributed by atoms with E-state index in [0.29, 0.717) is 22.6 Å². The maximum atomic E-state index is 12.5. The summed E-state index contributed by atoms with van der Waals surface area (Å²) < 4.78 is 35.1. The molecule has 0 radical (unpaired) electrons. The Hall–Kier alpha value is -1.01. The van der Waals surface area contributed by atoms with Gasteiger partial charge in [0.05, 0.1) is 7.11 Å². The van der Waals surface area contributed by atoms with Gasteiger partial charge in [-0.3, -0.25) is 0 Å². The molecule has 3 nitrogen and oxygen atoms in total. The van der Waals surface area contributed by atoms with Crippen molar-refractivity contribution < 1.29 is 18.3 Å². The number of halogens is 2. The van der Waals surface area contributed by atoms with Crippen molar-refractivity contribution >= 4 is 11.8 Å². The van der Waals surface area contributed by atoms with Crippen LogP contribution in [0.1, 0.15) is 24.8 Å². The van der Waals surface area contributed by atoms with Gasteiger partial charge in [-0.2, -0.15) is 20.5 Å². The smallest absolute Gasteiger partial charge is 0.387 e. The molecule has 6 heteroatoms. The molecule has 0 aliphatic heterocycles. The normalized spacial score (nSPS) is 16.6. The highest BCUT2D eigenvalue weighted by Crippen LogP contribution is 2.42. The molecule has 0 saturated heterocycles. The lowest BCUT2D eigenvalue weighted by Gasteiger charge is -2.40. The standard InChI is InChI=1S/C15H21F2NO2S/c1-19-12-6-3-5-11(13(12)20-14(16)17)9-18-10-15(21-2)7-4-8-15/h3,5-6,14,18H,4,7-10H2,1-2H3. The topological polar surface area (TPSA) is 30.5 Å². The van der Waals surface area contributed by atoms with Crippen LogP contribution in [0, 0.1) is 0 Å². The van der Waals surface area contributed by atoms with Crippen molar-refractivity contribution in [3.05, 3.63) is 23.8 Å². The van der Waals surface area contributed by atoms with Gasteiger partial charge in [-0.25, -0.2) is 0 Å². The molecule has 1 aliphatic rings. The van der Waals surface area contributed by atoms with Crippen LogP contribution in [-0.2, 0) is 6.54 Å². The summed E-state index contributed by atoms with van der Waals surface area (Å²) >= 11 is 1.88. The molecule has 0 spiro atoms.